The minimum Gasteiger partial charge on any atom is -0.497 e. The van der Waals surface area contributed by atoms with Gasteiger partial charge in [0, 0.05) is 16.7 Å². The lowest BCUT2D eigenvalue weighted by atomic mass is 10.1. The van der Waals surface area contributed by atoms with Crippen LogP contribution < -0.4 is 14.9 Å². The first-order valence-corrected chi connectivity index (χ1v) is 10.3. The molecule has 3 aromatic carbocycles. The van der Waals surface area contributed by atoms with Crippen LogP contribution in [0, 0.1) is 0 Å². The molecule has 0 N–H and O–H groups in total. The molecule has 0 spiro atoms. The van der Waals surface area contributed by atoms with Crippen LogP contribution in [0.15, 0.2) is 82.0 Å². The molecule has 0 fully saturated rings. The lowest BCUT2D eigenvalue weighted by Gasteiger charge is -2.11. The van der Waals surface area contributed by atoms with Gasteiger partial charge in [-0.25, -0.2) is 4.79 Å². The van der Waals surface area contributed by atoms with Crippen molar-refractivity contribution in [2.45, 2.75) is 0 Å². The Morgan fingerprint density at radius 3 is 2.47 bits per heavy atom. The molecule has 0 atom stereocenters. The van der Waals surface area contributed by atoms with Gasteiger partial charge in [-0.3, -0.25) is 4.79 Å². The SMILES string of the molecule is COc1ccc(C=CC(=O)Oc2c(-c3ccc(Cl)cc3Cl)oc3ccccc3c2=O)cc1. The van der Waals surface area contributed by atoms with Gasteiger partial charge >= 0.3 is 5.97 Å². The number of para-hydroxylation sites is 1. The van der Waals surface area contributed by atoms with E-state index in [4.69, 9.17) is 37.1 Å². The Hall–Kier alpha value is -3.54. The first-order valence-electron chi connectivity index (χ1n) is 9.51. The number of halogens is 2. The van der Waals surface area contributed by atoms with Crippen molar-refractivity contribution in [3.05, 3.63) is 98.6 Å². The Bertz CT molecular complexity index is 1390. The predicted molar refractivity (Wildman–Crippen MR) is 126 cm³/mol. The van der Waals surface area contributed by atoms with Crippen LogP contribution in [0.1, 0.15) is 5.56 Å². The number of methoxy groups -OCH3 is 1. The molecule has 0 aliphatic heterocycles. The summed E-state index contributed by atoms with van der Waals surface area (Å²) in [6.45, 7) is 0. The van der Waals surface area contributed by atoms with Crippen molar-refractivity contribution in [3.63, 3.8) is 0 Å². The summed E-state index contributed by atoms with van der Waals surface area (Å²) in [5, 5.41) is 0.952. The lowest BCUT2D eigenvalue weighted by molar-refractivity contribution is -0.129. The average Bonchev–Trinajstić information content (AvgIpc) is 2.80. The van der Waals surface area contributed by atoms with Crippen LogP contribution in [0.5, 0.6) is 11.5 Å². The second kappa shape index (κ2) is 9.30. The molecule has 4 aromatic rings. The number of fused-ring (bicyclic) bond motifs is 1. The molecule has 1 aromatic heterocycles. The lowest BCUT2D eigenvalue weighted by Crippen LogP contribution is -2.14. The Kier molecular flexibility index (Phi) is 6.30. The molecule has 160 valence electrons. The highest BCUT2D eigenvalue weighted by Crippen LogP contribution is 2.36. The molecule has 0 aliphatic rings. The first kappa shape index (κ1) is 21.7. The number of benzene rings is 3. The van der Waals surface area contributed by atoms with Crippen LogP contribution in [0.3, 0.4) is 0 Å². The summed E-state index contributed by atoms with van der Waals surface area (Å²) in [7, 11) is 1.57. The highest BCUT2D eigenvalue weighted by molar-refractivity contribution is 6.36. The highest BCUT2D eigenvalue weighted by atomic mass is 35.5. The van der Waals surface area contributed by atoms with Gasteiger partial charge in [0.1, 0.15) is 11.3 Å². The predicted octanol–water partition coefficient (Wildman–Crippen LogP) is 6.39. The molecular weight excluding hydrogens is 451 g/mol. The molecule has 0 amide bonds. The van der Waals surface area contributed by atoms with Gasteiger partial charge in [-0.2, -0.15) is 0 Å². The smallest absolute Gasteiger partial charge is 0.336 e. The maximum atomic E-state index is 13.1. The van der Waals surface area contributed by atoms with Gasteiger partial charge in [-0.1, -0.05) is 47.5 Å². The summed E-state index contributed by atoms with van der Waals surface area (Å²) in [5.41, 5.74) is 0.987. The van der Waals surface area contributed by atoms with Gasteiger partial charge in [-0.05, 0) is 54.1 Å². The Labute approximate surface area is 193 Å². The van der Waals surface area contributed by atoms with E-state index in [1.165, 1.54) is 12.1 Å². The van der Waals surface area contributed by atoms with Gasteiger partial charge in [0.15, 0.2) is 5.76 Å². The van der Waals surface area contributed by atoms with E-state index in [9.17, 15) is 9.59 Å². The molecule has 0 bridgehead atoms. The number of esters is 1. The van der Waals surface area contributed by atoms with Gasteiger partial charge in [0.2, 0.25) is 11.2 Å². The number of ether oxygens (including phenoxy) is 2. The van der Waals surface area contributed by atoms with E-state index in [1.54, 1.807) is 73.8 Å². The van der Waals surface area contributed by atoms with Gasteiger partial charge in [0.05, 0.1) is 17.5 Å². The molecule has 32 heavy (non-hydrogen) atoms. The van der Waals surface area contributed by atoms with Crippen molar-refractivity contribution in [1.82, 2.24) is 0 Å². The summed E-state index contributed by atoms with van der Waals surface area (Å²) in [6.07, 6.45) is 2.79. The zero-order valence-corrected chi connectivity index (χ0v) is 18.3. The summed E-state index contributed by atoms with van der Waals surface area (Å²) in [6, 6.07) is 18.5. The van der Waals surface area contributed by atoms with Crippen LogP contribution in [-0.4, -0.2) is 13.1 Å². The fourth-order valence-corrected chi connectivity index (χ4v) is 3.58. The third kappa shape index (κ3) is 4.54. The molecular formula is C25H16Cl2O5. The molecule has 0 saturated heterocycles. The van der Waals surface area contributed by atoms with Crippen molar-refractivity contribution in [2.75, 3.05) is 7.11 Å². The number of hydrogen-bond donors (Lipinski definition) is 0. The quantitative estimate of drug-likeness (QED) is 0.251. The third-order valence-electron chi connectivity index (χ3n) is 4.66. The second-order valence-corrected chi connectivity index (χ2v) is 7.58. The third-order valence-corrected chi connectivity index (χ3v) is 5.21. The molecule has 0 radical (unpaired) electrons. The maximum absolute atomic E-state index is 13.1. The van der Waals surface area contributed by atoms with Crippen LogP contribution in [0.4, 0.5) is 0 Å². The molecule has 7 heteroatoms. The highest BCUT2D eigenvalue weighted by Gasteiger charge is 2.21. The fraction of sp³-hybridized carbons (Fsp3) is 0.0400. The van der Waals surface area contributed by atoms with E-state index < -0.39 is 11.4 Å². The van der Waals surface area contributed by atoms with Crippen molar-refractivity contribution in [3.8, 4) is 22.8 Å². The van der Waals surface area contributed by atoms with E-state index >= 15 is 0 Å². The van der Waals surface area contributed by atoms with Crippen molar-refractivity contribution < 1.29 is 18.7 Å². The zero-order chi connectivity index (χ0) is 22.7. The van der Waals surface area contributed by atoms with Crippen molar-refractivity contribution in [1.29, 1.82) is 0 Å². The van der Waals surface area contributed by atoms with E-state index in [-0.39, 0.29) is 21.9 Å². The van der Waals surface area contributed by atoms with Crippen LogP contribution in [0.2, 0.25) is 10.0 Å². The standard InChI is InChI=1S/C25H16Cl2O5/c1-30-17-10-6-15(7-11-17)8-13-22(28)32-25-23(29)19-4-2-3-5-21(19)31-24(25)18-12-9-16(26)14-20(18)27/h2-14H,1H3. The topological polar surface area (TPSA) is 65.7 Å². The Morgan fingerprint density at radius 2 is 1.75 bits per heavy atom. The molecule has 5 nitrogen and oxygen atoms in total. The largest absolute Gasteiger partial charge is 0.497 e. The van der Waals surface area contributed by atoms with Crippen LogP contribution >= 0.6 is 23.2 Å². The number of carbonyl (C=O) groups is 1. The second-order valence-electron chi connectivity index (χ2n) is 6.74. The maximum Gasteiger partial charge on any atom is 0.336 e. The first-order chi connectivity index (χ1) is 15.5. The summed E-state index contributed by atoms with van der Waals surface area (Å²) >= 11 is 12.3. The van der Waals surface area contributed by atoms with E-state index in [1.807, 2.05) is 0 Å². The number of rotatable bonds is 5. The van der Waals surface area contributed by atoms with Crippen LogP contribution in [0.25, 0.3) is 28.4 Å². The normalized spacial score (nSPS) is 11.1. The van der Waals surface area contributed by atoms with Gasteiger partial charge < -0.3 is 13.9 Å². The fourth-order valence-electron chi connectivity index (χ4n) is 3.08. The van der Waals surface area contributed by atoms with Gasteiger partial charge in [0.25, 0.3) is 0 Å². The average molecular weight is 467 g/mol. The molecule has 0 aliphatic carbocycles. The summed E-state index contributed by atoms with van der Waals surface area (Å²) in [4.78, 5) is 25.7. The van der Waals surface area contributed by atoms with E-state index in [0.717, 1.165) is 5.56 Å². The Balaban J connectivity index is 1.74. The van der Waals surface area contributed by atoms with E-state index in [2.05, 4.69) is 0 Å². The summed E-state index contributed by atoms with van der Waals surface area (Å²) in [5.74, 6) is -0.253. The zero-order valence-electron chi connectivity index (χ0n) is 16.8. The molecule has 0 saturated carbocycles. The Morgan fingerprint density at radius 1 is 1.00 bits per heavy atom. The monoisotopic (exact) mass is 466 g/mol. The molecule has 1 heterocycles. The molecule has 0 unspecified atom stereocenters. The number of hydrogen-bond acceptors (Lipinski definition) is 5. The van der Waals surface area contributed by atoms with Gasteiger partial charge in [-0.15, -0.1) is 0 Å². The number of carbonyl (C=O) groups excluding carboxylic acids is 1. The summed E-state index contributed by atoms with van der Waals surface area (Å²) < 4.78 is 16.5. The van der Waals surface area contributed by atoms with E-state index in [0.29, 0.717) is 21.9 Å². The van der Waals surface area contributed by atoms with Crippen LogP contribution in [-0.2, 0) is 4.79 Å². The minimum atomic E-state index is -0.741. The molecule has 4 rings (SSSR count). The van der Waals surface area contributed by atoms with Crippen molar-refractivity contribution >= 4 is 46.2 Å². The minimum absolute atomic E-state index is 0.0431. The van der Waals surface area contributed by atoms with Crippen molar-refractivity contribution in [2.24, 2.45) is 0 Å².